The van der Waals surface area contributed by atoms with Crippen LogP contribution in [0.2, 0.25) is 0 Å². The zero-order chi connectivity index (χ0) is 19.1. The molecule has 3 aromatic rings. The first kappa shape index (κ1) is 17.6. The van der Waals surface area contributed by atoms with Crippen molar-refractivity contribution in [3.05, 3.63) is 34.7 Å². The molecule has 3 heterocycles. The van der Waals surface area contributed by atoms with E-state index in [1.807, 2.05) is 26.8 Å². The SMILES string of the molecule is Cc1noc2nc(C3CC3)cc(C(=O)N(C)CCc3noc(C(C)C)n3)c12. The van der Waals surface area contributed by atoms with Crippen LogP contribution in [0.5, 0.6) is 0 Å². The standard InChI is InChI=1S/C19H23N5O3/c1-10(2)17-21-15(23-26-17)7-8-24(4)19(25)13-9-14(12-5-6-12)20-18-16(13)11(3)22-27-18/h9-10,12H,5-8H2,1-4H3. The van der Waals surface area contributed by atoms with Crippen molar-refractivity contribution in [2.75, 3.05) is 13.6 Å². The molecule has 142 valence electrons. The largest absolute Gasteiger partial charge is 0.341 e. The minimum atomic E-state index is -0.0804. The zero-order valence-electron chi connectivity index (χ0n) is 16.0. The van der Waals surface area contributed by atoms with E-state index in [-0.39, 0.29) is 11.8 Å². The highest BCUT2D eigenvalue weighted by atomic mass is 16.5. The number of amides is 1. The van der Waals surface area contributed by atoms with Gasteiger partial charge in [0.15, 0.2) is 5.82 Å². The lowest BCUT2D eigenvalue weighted by Gasteiger charge is -2.17. The van der Waals surface area contributed by atoms with Crippen LogP contribution in [-0.4, -0.2) is 44.7 Å². The molecule has 0 saturated heterocycles. The monoisotopic (exact) mass is 369 g/mol. The first-order valence-corrected chi connectivity index (χ1v) is 9.29. The van der Waals surface area contributed by atoms with E-state index in [9.17, 15) is 4.79 Å². The number of aryl methyl sites for hydroxylation is 1. The highest BCUT2D eigenvalue weighted by molar-refractivity contribution is 6.06. The van der Waals surface area contributed by atoms with Crippen LogP contribution in [0.15, 0.2) is 15.1 Å². The topological polar surface area (TPSA) is 98.2 Å². The summed E-state index contributed by atoms with van der Waals surface area (Å²) < 4.78 is 10.6. The lowest BCUT2D eigenvalue weighted by Crippen LogP contribution is -2.29. The molecular formula is C19H23N5O3. The number of likely N-dealkylation sites (N-methyl/N-ethyl adjacent to an activating group) is 1. The Labute approximate surface area is 156 Å². The molecule has 8 nitrogen and oxygen atoms in total. The van der Waals surface area contributed by atoms with Gasteiger partial charge in [-0.2, -0.15) is 4.98 Å². The molecule has 1 fully saturated rings. The molecule has 4 rings (SSSR count). The second-order valence-electron chi connectivity index (χ2n) is 7.50. The summed E-state index contributed by atoms with van der Waals surface area (Å²) in [6.07, 6.45) is 2.74. The molecule has 0 spiro atoms. The molecule has 0 bridgehead atoms. The van der Waals surface area contributed by atoms with Crippen molar-refractivity contribution in [2.45, 2.75) is 51.9 Å². The summed E-state index contributed by atoms with van der Waals surface area (Å²) >= 11 is 0. The number of pyridine rings is 1. The Bertz CT molecular complexity index is 987. The van der Waals surface area contributed by atoms with E-state index in [0.29, 0.717) is 53.0 Å². The van der Waals surface area contributed by atoms with Crippen LogP contribution in [-0.2, 0) is 6.42 Å². The summed E-state index contributed by atoms with van der Waals surface area (Å²) in [5.74, 6) is 1.75. The summed E-state index contributed by atoms with van der Waals surface area (Å²) in [5.41, 5.74) is 2.62. The van der Waals surface area contributed by atoms with Gasteiger partial charge in [-0.15, -0.1) is 0 Å². The number of carbonyl (C=O) groups is 1. The molecule has 3 aromatic heterocycles. The zero-order valence-corrected chi connectivity index (χ0v) is 16.0. The van der Waals surface area contributed by atoms with Crippen LogP contribution >= 0.6 is 0 Å². The number of carbonyl (C=O) groups excluding carboxylic acids is 1. The molecule has 27 heavy (non-hydrogen) atoms. The van der Waals surface area contributed by atoms with Gasteiger partial charge in [0.2, 0.25) is 5.89 Å². The van der Waals surface area contributed by atoms with Gasteiger partial charge in [-0.25, -0.2) is 4.98 Å². The fourth-order valence-electron chi connectivity index (χ4n) is 3.05. The molecular weight excluding hydrogens is 346 g/mol. The maximum atomic E-state index is 13.1. The number of nitrogens with zero attached hydrogens (tertiary/aromatic N) is 5. The van der Waals surface area contributed by atoms with Gasteiger partial charge in [0.1, 0.15) is 0 Å². The third-order valence-corrected chi connectivity index (χ3v) is 4.86. The predicted octanol–water partition coefficient (Wildman–Crippen LogP) is 3.23. The Balaban J connectivity index is 1.55. The lowest BCUT2D eigenvalue weighted by molar-refractivity contribution is 0.0797. The van der Waals surface area contributed by atoms with Gasteiger partial charge in [0.05, 0.1) is 16.6 Å². The molecule has 0 unspecified atom stereocenters. The maximum Gasteiger partial charge on any atom is 0.259 e. The molecule has 1 amide bonds. The number of rotatable bonds is 6. The van der Waals surface area contributed by atoms with Gasteiger partial charge in [-0.1, -0.05) is 24.2 Å². The molecule has 1 aliphatic carbocycles. The second-order valence-corrected chi connectivity index (χ2v) is 7.50. The Morgan fingerprint density at radius 1 is 1.26 bits per heavy atom. The second kappa shape index (κ2) is 6.75. The maximum absolute atomic E-state index is 13.1. The van der Waals surface area contributed by atoms with Crippen LogP contribution in [0.3, 0.4) is 0 Å². The van der Waals surface area contributed by atoms with Crippen molar-refractivity contribution < 1.29 is 13.8 Å². The van der Waals surface area contributed by atoms with Gasteiger partial charge < -0.3 is 13.9 Å². The van der Waals surface area contributed by atoms with Crippen molar-refractivity contribution >= 4 is 17.0 Å². The minimum absolute atomic E-state index is 0.0804. The number of fused-ring (bicyclic) bond motifs is 1. The van der Waals surface area contributed by atoms with Crippen LogP contribution in [0.4, 0.5) is 0 Å². The molecule has 1 saturated carbocycles. The van der Waals surface area contributed by atoms with Crippen LogP contribution in [0.25, 0.3) is 11.1 Å². The van der Waals surface area contributed by atoms with Gasteiger partial charge in [0.25, 0.3) is 11.6 Å². The van der Waals surface area contributed by atoms with Crippen LogP contribution in [0, 0.1) is 6.92 Å². The average Bonchev–Trinajstić information content (AvgIpc) is 3.28. The van der Waals surface area contributed by atoms with E-state index in [4.69, 9.17) is 9.05 Å². The smallest absolute Gasteiger partial charge is 0.259 e. The van der Waals surface area contributed by atoms with Crippen LogP contribution in [0.1, 0.15) is 72.0 Å². The molecule has 0 radical (unpaired) electrons. The van der Waals surface area contributed by atoms with Gasteiger partial charge >= 0.3 is 0 Å². The Kier molecular flexibility index (Phi) is 4.41. The Hall–Kier alpha value is -2.77. The Morgan fingerprint density at radius 2 is 2.04 bits per heavy atom. The fourth-order valence-corrected chi connectivity index (χ4v) is 3.05. The van der Waals surface area contributed by atoms with E-state index in [0.717, 1.165) is 18.5 Å². The van der Waals surface area contributed by atoms with Crippen LogP contribution < -0.4 is 0 Å². The van der Waals surface area contributed by atoms with E-state index < -0.39 is 0 Å². The van der Waals surface area contributed by atoms with E-state index >= 15 is 0 Å². The van der Waals surface area contributed by atoms with E-state index in [2.05, 4.69) is 20.3 Å². The fraction of sp³-hybridized carbons (Fsp3) is 0.526. The highest BCUT2D eigenvalue weighted by Gasteiger charge is 2.29. The molecule has 0 atom stereocenters. The average molecular weight is 369 g/mol. The number of aromatic nitrogens is 4. The minimum Gasteiger partial charge on any atom is -0.341 e. The molecule has 1 aliphatic rings. The quantitative estimate of drug-likeness (QED) is 0.658. The number of hydrogen-bond acceptors (Lipinski definition) is 7. The summed E-state index contributed by atoms with van der Waals surface area (Å²) in [4.78, 5) is 23.7. The number of hydrogen-bond donors (Lipinski definition) is 0. The van der Waals surface area contributed by atoms with E-state index in [1.54, 1.807) is 11.9 Å². The van der Waals surface area contributed by atoms with Gasteiger partial charge in [-0.05, 0) is 25.8 Å². The summed E-state index contributed by atoms with van der Waals surface area (Å²) in [5, 5.41) is 8.67. The van der Waals surface area contributed by atoms with Crippen molar-refractivity contribution in [3.63, 3.8) is 0 Å². The van der Waals surface area contributed by atoms with Gasteiger partial charge in [-0.3, -0.25) is 4.79 Å². The van der Waals surface area contributed by atoms with Crippen molar-refractivity contribution in [1.82, 2.24) is 25.2 Å². The Morgan fingerprint density at radius 3 is 2.70 bits per heavy atom. The van der Waals surface area contributed by atoms with E-state index in [1.165, 1.54) is 0 Å². The predicted molar refractivity (Wildman–Crippen MR) is 97.6 cm³/mol. The normalized spacial score (nSPS) is 14.3. The summed E-state index contributed by atoms with van der Waals surface area (Å²) in [6.45, 7) is 6.32. The molecule has 8 heteroatoms. The first-order valence-electron chi connectivity index (χ1n) is 9.29. The van der Waals surface area contributed by atoms with Crippen molar-refractivity contribution in [2.24, 2.45) is 0 Å². The molecule has 0 N–H and O–H groups in total. The molecule has 0 aliphatic heterocycles. The first-order chi connectivity index (χ1) is 12.9. The highest BCUT2D eigenvalue weighted by Crippen LogP contribution is 2.40. The van der Waals surface area contributed by atoms with Gasteiger partial charge in [0, 0.05) is 37.5 Å². The summed E-state index contributed by atoms with van der Waals surface area (Å²) in [6, 6.07) is 1.90. The van der Waals surface area contributed by atoms with Crippen molar-refractivity contribution in [3.8, 4) is 0 Å². The molecule has 0 aromatic carbocycles. The third kappa shape index (κ3) is 3.43. The third-order valence-electron chi connectivity index (χ3n) is 4.86. The van der Waals surface area contributed by atoms with Crippen molar-refractivity contribution in [1.29, 1.82) is 0 Å². The lowest BCUT2D eigenvalue weighted by atomic mass is 10.1. The summed E-state index contributed by atoms with van der Waals surface area (Å²) in [7, 11) is 1.78.